The predicted molar refractivity (Wildman–Crippen MR) is 246 cm³/mol. The van der Waals surface area contributed by atoms with E-state index in [4.69, 9.17) is 17.2 Å². The van der Waals surface area contributed by atoms with Crippen molar-refractivity contribution in [3.63, 3.8) is 0 Å². The van der Waals surface area contributed by atoms with Gasteiger partial charge in [-0.25, -0.2) is 4.79 Å². The fraction of sp³-hybridized carbons (Fsp3) is 0.605. The first kappa shape index (κ1) is 58.0. The number of carboxylic acids is 2. The summed E-state index contributed by atoms with van der Waals surface area (Å²) < 4.78 is 0. The van der Waals surface area contributed by atoms with Gasteiger partial charge in [-0.1, -0.05) is 39.8 Å². The smallest absolute Gasteiger partial charge is 0.326 e. The van der Waals surface area contributed by atoms with Crippen LogP contribution in [0.5, 0.6) is 5.75 Å². The molecule has 0 radical (unpaired) electrons. The van der Waals surface area contributed by atoms with Gasteiger partial charge in [-0.3, -0.25) is 48.1 Å². The van der Waals surface area contributed by atoms with Crippen LogP contribution in [0.2, 0.25) is 0 Å². The number of aromatic hydroxyl groups is 1. The topological polar surface area (TPSA) is 429 Å². The number of carboxylic acid groups (broad SMARTS) is 2. The first-order chi connectivity index (χ1) is 32.3. The molecule has 17 N–H and O–H groups in total. The van der Waals surface area contributed by atoms with Crippen LogP contribution in [-0.4, -0.2) is 165 Å². The van der Waals surface area contributed by atoms with Crippen LogP contribution in [0.3, 0.4) is 0 Å². The normalized spacial score (nSPS) is 16.3. The van der Waals surface area contributed by atoms with E-state index in [1.807, 2.05) is 13.8 Å². The van der Waals surface area contributed by atoms with Crippen molar-refractivity contribution in [3.8, 4) is 5.75 Å². The van der Waals surface area contributed by atoms with Crippen LogP contribution in [0.1, 0.15) is 78.7 Å². The fourth-order valence-electron chi connectivity index (χ4n) is 7.06. The Morgan fingerprint density at radius 3 is 1.93 bits per heavy atom. The van der Waals surface area contributed by atoms with Gasteiger partial charge in [0.15, 0.2) is 5.96 Å². The largest absolute Gasteiger partial charge is 0.508 e. The lowest BCUT2D eigenvalue weighted by atomic mass is 10.0. The number of aliphatic imine (C=N–C) groups is 1. The number of hydrogen-bond acceptors (Lipinski definition) is 14. The highest BCUT2D eigenvalue weighted by atomic mass is 16.4. The van der Waals surface area contributed by atoms with Crippen molar-refractivity contribution in [1.29, 1.82) is 0 Å². The Bertz CT molecular complexity index is 2010. The van der Waals surface area contributed by atoms with E-state index in [1.165, 1.54) is 31.2 Å². The summed E-state index contributed by atoms with van der Waals surface area (Å²) in [6, 6.07) is -5.10. The number of phenolic OH excluding ortho intramolecular Hbond substituents is 1. The minimum absolute atomic E-state index is 0.0244. The van der Waals surface area contributed by atoms with Gasteiger partial charge in [0.1, 0.15) is 48.0 Å². The molecular weight excluding hydrogens is 909 g/mol. The maximum Gasteiger partial charge on any atom is 0.326 e. The Morgan fingerprint density at radius 1 is 0.754 bits per heavy atom. The molecule has 1 heterocycles. The number of nitrogens with one attached hydrogen (secondary N) is 7. The minimum atomic E-state index is -1.72. The van der Waals surface area contributed by atoms with E-state index in [1.54, 1.807) is 13.8 Å². The number of carbonyl (C=O) groups is 10. The molecule has 0 spiro atoms. The van der Waals surface area contributed by atoms with Crippen LogP contribution in [0.25, 0.3) is 0 Å². The fourth-order valence-corrected chi connectivity index (χ4v) is 7.06. The number of rotatable bonds is 28. The van der Waals surface area contributed by atoms with Crippen molar-refractivity contribution >= 4 is 65.2 Å². The molecule has 2 rings (SSSR count). The molecule has 1 saturated heterocycles. The average molecular weight is 977 g/mol. The Morgan fingerprint density at radius 2 is 1.36 bits per heavy atom. The molecule has 1 aromatic rings. The Balaban J connectivity index is 2.21. The molecule has 1 fully saturated rings. The van der Waals surface area contributed by atoms with Crippen molar-refractivity contribution in [1.82, 2.24) is 42.1 Å². The zero-order chi connectivity index (χ0) is 52.1. The molecule has 1 aliphatic rings. The number of nitrogens with zero attached hydrogens (tertiary/aromatic N) is 2. The summed E-state index contributed by atoms with van der Waals surface area (Å²) >= 11 is 0. The van der Waals surface area contributed by atoms with Crippen LogP contribution >= 0.6 is 0 Å². The number of benzene rings is 1. The molecular formula is C43H68N12O14. The molecule has 0 aromatic heterocycles. The number of aliphatic hydroxyl groups is 1. The van der Waals surface area contributed by atoms with Crippen molar-refractivity contribution in [3.05, 3.63) is 29.8 Å². The summed E-state index contributed by atoms with van der Waals surface area (Å²) in [4.78, 5) is 135. The van der Waals surface area contributed by atoms with Crippen LogP contribution < -0.4 is 54.4 Å². The molecule has 8 atom stereocenters. The predicted octanol–water partition coefficient (Wildman–Crippen LogP) is -4.39. The highest BCUT2D eigenvalue weighted by Gasteiger charge is 2.39. The maximum atomic E-state index is 14.1. The van der Waals surface area contributed by atoms with Crippen molar-refractivity contribution < 1.29 is 68.4 Å². The van der Waals surface area contributed by atoms with Crippen molar-refractivity contribution in [2.45, 2.75) is 128 Å². The van der Waals surface area contributed by atoms with Gasteiger partial charge in [0, 0.05) is 19.5 Å². The lowest BCUT2D eigenvalue weighted by Crippen LogP contribution is -2.60. The van der Waals surface area contributed by atoms with E-state index in [-0.39, 0.29) is 56.4 Å². The van der Waals surface area contributed by atoms with Crippen LogP contribution in [0.4, 0.5) is 0 Å². The maximum absolute atomic E-state index is 14.1. The summed E-state index contributed by atoms with van der Waals surface area (Å²) in [5.41, 5.74) is 17.3. The molecule has 0 aliphatic carbocycles. The first-order valence-electron chi connectivity index (χ1n) is 22.4. The Hall–Kier alpha value is -7.09. The average Bonchev–Trinajstić information content (AvgIpc) is 3.77. The molecule has 1 aromatic carbocycles. The zero-order valence-corrected chi connectivity index (χ0v) is 39.4. The molecule has 26 heteroatoms. The Kier molecular flexibility index (Phi) is 23.8. The number of carbonyl (C=O) groups excluding carboxylic acids is 8. The summed E-state index contributed by atoms with van der Waals surface area (Å²) in [7, 11) is 0. The Labute approximate surface area is 398 Å². The van der Waals surface area contributed by atoms with Crippen LogP contribution in [-0.2, 0) is 54.4 Å². The number of guanidine groups is 1. The number of amides is 8. The third-order valence-corrected chi connectivity index (χ3v) is 10.7. The minimum Gasteiger partial charge on any atom is -0.508 e. The number of nitrogens with two attached hydrogens (primary N) is 3. The third kappa shape index (κ3) is 20.0. The molecule has 0 unspecified atom stereocenters. The molecule has 1 aliphatic heterocycles. The van der Waals surface area contributed by atoms with Crippen molar-refractivity contribution in [2.75, 3.05) is 26.2 Å². The van der Waals surface area contributed by atoms with E-state index >= 15 is 0 Å². The second-order valence-electron chi connectivity index (χ2n) is 17.3. The molecule has 69 heavy (non-hydrogen) atoms. The van der Waals surface area contributed by atoms with Gasteiger partial charge in [0.05, 0.1) is 25.6 Å². The van der Waals surface area contributed by atoms with Crippen LogP contribution in [0, 0.1) is 11.8 Å². The lowest BCUT2D eigenvalue weighted by Gasteiger charge is -2.30. The number of hydrogen-bond donors (Lipinski definition) is 14. The van der Waals surface area contributed by atoms with E-state index < -0.39 is 133 Å². The SMILES string of the molecule is CC(C)C[C@H](N)C(=O)N[C@@H](C)C(=O)N[C@@H](CC(=O)O)C(=O)NCC(=O)N[C@@H](CO)C(=O)N[C@H](C(=O)N[C@@H](CCCN=C(N)N)C(=O)N[C@@H](Cc1ccc(O)cc1)C(=O)N1CCC[C@H]1C(=O)O)C(C)C. The summed E-state index contributed by atoms with van der Waals surface area (Å²) in [6.07, 6.45) is -0.104. The van der Waals surface area contributed by atoms with Crippen molar-refractivity contribution in [2.24, 2.45) is 34.0 Å². The van der Waals surface area contributed by atoms with Gasteiger partial charge in [0.25, 0.3) is 0 Å². The number of aliphatic carboxylic acids is 2. The quantitative estimate of drug-likeness (QED) is 0.0214. The van der Waals surface area contributed by atoms with Gasteiger partial charge in [0.2, 0.25) is 47.3 Å². The standard InChI is InChI=1S/C43H68N12O14/c1-21(2)16-26(44)36(62)49-23(5)35(61)52-28(18-33(59)60)37(63)48-19-32(58)50-30(20-56)39(65)54-34(22(3)4)40(66)51-27(8-6-14-47-43(45)46)38(64)53-29(17-24-10-12-25(57)13-11-24)41(67)55-15-7-9-31(55)42(68)69/h10-13,21-23,26-31,34,56-57H,6-9,14-20,44H2,1-5H3,(H,48,63)(H,49,62)(H,50,58)(H,51,66)(H,52,61)(H,53,64)(H,54,65)(H,59,60)(H,68,69)(H4,45,46,47)/t23-,26-,27-,28-,29-,30-,31-,34-/m0/s1. The second-order valence-corrected chi connectivity index (χ2v) is 17.3. The van der Waals surface area contributed by atoms with E-state index in [2.05, 4.69) is 42.2 Å². The van der Waals surface area contributed by atoms with Gasteiger partial charge in [-0.2, -0.15) is 0 Å². The van der Waals surface area contributed by atoms with E-state index in [0.717, 1.165) is 4.90 Å². The highest BCUT2D eigenvalue weighted by molar-refractivity contribution is 5.98. The number of phenols is 1. The molecule has 0 bridgehead atoms. The van der Waals surface area contributed by atoms with Gasteiger partial charge < -0.3 is 79.7 Å². The monoisotopic (exact) mass is 976 g/mol. The highest BCUT2D eigenvalue weighted by Crippen LogP contribution is 2.21. The van der Waals surface area contributed by atoms with E-state index in [9.17, 15) is 68.4 Å². The van der Waals surface area contributed by atoms with Crippen LogP contribution in [0.15, 0.2) is 29.3 Å². The summed E-state index contributed by atoms with van der Waals surface area (Å²) in [5.74, 6) is -10.9. The zero-order valence-electron chi connectivity index (χ0n) is 39.4. The first-order valence-corrected chi connectivity index (χ1v) is 22.4. The summed E-state index contributed by atoms with van der Waals surface area (Å²) in [6.45, 7) is 6.32. The second kappa shape index (κ2) is 28.3. The molecule has 0 saturated carbocycles. The third-order valence-electron chi connectivity index (χ3n) is 10.7. The molecule has 384 valence electrons. The molecule has 8 amide bonds. The molecule has 26 nitrogen and oxygen atoms in total. The van der Waals surface area contributed by atoms with Gasteiger partial charge in [-0.15, -0.1) is 0 Å². The number of likely N-dealkylation sites (tertiary alicyclic amines) is 1. The van der Waals surface area contributed by atoms with Gasteiger partial charge in [-0.05, 0) is 68.6 Å². The lowest BCUT2D eigenvalue weighted by molar-refractivity contribution is -0.149. The van der Waals surface area contributed by atoms with Gasteiger partial charge >= 0.3 is 11.9 Å². The number of aliphatic hydroxyl groups excluding tert-OH is 1. The summed E-state index contributed by atoms with van der Waals surface area (Å²) in [5, 5.41) is 55.6. The van der Waals surface area contributed by atoms with E-state index in [0.29, 0.717) is 18.4 Å².